The van der Waals surface area contributed by atoms with Gasteiger partial charge in [0.25, 0.3) is 0 Å². The van der Waals surface area contributed by atoms with Gasteiger partial charge in [-0.1, -0.05) is 48.9 Å². The lowest BCUT2D eigenvalue weighted by Gasteiger charge is -2.35. The first-order chi connectivity index (χ1) is 15.8. The molecule has 1 fully saturated rings. The van der Waals surface area contributed by atoms with Crippen LogP contribution in [0.15, 0.2) is 53.4 Å². The molecule has 0 radical (unpaired) electrons. The molecular formula is C25H33N3O4S. The van der Waals surface area contributed by atoms with Crippen LogP contribution in [0.2, 0.25) is 0 Å². The quantitative estimate of drug-likeness (QED) is 0.579. The van der Waals surface area contributed by atoms with Gasteiger partial charge in [-0.2, -0.15) is 4.31 Å². The van der Waals surface area contributed by atoms with Gasteiger partial charge in [-0.05, 0) is 62.3 Å². The number of rotatable bonds is 8. The number of carbonyl (C=O) groups excluding carboxylic acids is 2. The highest BCUT2D eigenvalue weighted by atomic mass is 32.2. The number of hydrogen-bond acceptors (Lipinski definition) is 4. The Kier molecular flexibility index (Phi) is 8.63. The van der Waals surface area contributed by atoms with Gasteiger partial charge in [0.2, 0.25) is 10.0 Å². The number of benzene rings is 2. The van der Waals surface area contributed by atoms with Gasteiger partial charge in [-0.15, -0.1) is 0 Å². The molecule has 0 bridgehead atoms. The van der Waals surface area contributed by atoms with Crippen molar-refractivity contribution in [1.29, 1.82) is 0 Å². The molecule has 0 aliphatic carbocycles. The summed E-state index contributed by atoms with van der Waals surface area (Å²) in [4.78, 5) is 24.6. The lowest BCUT2D eigenvalue weighted by atomic mass is 10.0. The summed E-state index contributed by atoms with van der Waals surface area (Å²) in [6.07, 6.45) is 3.61. The first-order valence-corrected chi connectivity index (χ1v) is 12.9. The fourth-order valence-corrected chi connectivity index (χ4v) is 6.20. The molecule has 1 unspecified atom stereocenters. The van der Waals surface area contributed by atoms with Gasteiger partial charge in [-0.25, -0.2) is 8.42 Å². The van der Waals surface area contributed by atoms with Gasteiger partial charge in [0, 0.05) is 25.7 Å². The fourth-order valence-electron chi connectivity index (χ4n) is 4.17. The molecule has 1 saturated heterocycles. The lowest BCUT2D eigenvalue weighted by Crippen LogP contribution is -2.46. The highest BCUT2D eigenvalue weighted by Crippen LogP contribution is 2.29. The lowest BCUT2D eigenvalue weighted by molar-refractivity contribution is -0.139. The monoisotopic (exact) mass is 471 g/mol. The molecule has 0 saturated carbocycles. The van der Waals surface area contributed by atoms with Crippen LogP contribution in [0, 0.1) is 13.8 Å². The Balaban J connectivity index is 1.52. The molecule has 8 heteroatoms. The van der Waals surface area contributed by atoms with Crippen molar-refractivity contribution in [1.82, 2.24) is 14.9 Å². The number of hydrogen-bond donors (Lipinski definition) is 2. The maximum absolute atomic E-state index is 13.4. The van der Waals surface area contributed by atoms with E-state index in [-0.39, 0.29) is 12.6 Å². The fraction of sp³-hybridized carbons (Fsp3) is 0.440. The van der Waals surface area contributed by atoms with Crippen molar-refractivity contribution in [3.63, 3.8) is 0 Å². The van der Waals surface area contributed by atoms with E-state index < -0.39 is 21.8 Å². The third-order valence-corrected chi connectivity index (χ3v) is 8.11. The minimum Gasteiger partial charge on any atom is -0.348 e. The molecule has 2 aromatic carbocycles. The second-order valence-corrected chi connectivity index (χ2v) is 10.4. The molecule has 1 aliphatic heterocycles. The Morgan fingerprint density at radius 3 is 2.39 bits per heavy atom. The van der Waals surface area contributed by atoms with Crippen LogP contribution in [0.5, 0.6) is 0 Å². The van der Waals surface area contributed by atoms with Crippen molar-refractivity contribution in [2.24, 2.45) is 0 Å². The van der Waals surface area contributed by atoms with E-state index in [1.165, 1.54) is 0 Å². The second-order valence-electron chi connectivity index (χ2n) is 8.57. The molecule has 2 N–H and O–H groups in total. The normalized spacial score (nSPS) is 16.8. The van der Waals surface area contributed by atoms with Crippen molar-refractivity contribution >= 4 is 21.8 Å². The van der Waals surface area contributed by atoms with Crippen LogP contribution in [-0.2, 0) is 26.0 Å². The highest BCUT2D eigenvalue weighted by molar-refractivity contribution is 7.89. The zero-order chi connectivity index (χ0) is 23.8. The maximum Gasteiger partial charge on any atom is 0.309 e. The van der Waals surface area contributed by atoms with Crippen LogP contribution in [0.25, 0.3) is 0 Å². The Morgan fingerprint density at radius 1 is 0.970 bits per heavy atom. The third-order valence-electron chi connectivity index (χ3n) is 6.01. The van der Waals surface area contributed by atoms with Gasteiger partial charge < -0.3 is 10.6 Å². The van der Waals surface area contributed by atoms with Crippen molar-refractivity contribution in [2.75, 3.05) is 19.6 Å². The number of piperidine rings is 1. The number of nitrogens with one attached hydrogen (secondary N) is 2. The van der Waals surface area contributed by atoms with Crippen LogP contribution in [0.3, 0.4) is 0 Å². The Labute approximate surface area is 196 Å². The maximum atomic E-state index is 13.4. The van der Waals surface area contributed by atoms with E-state index >= 15 is 0 Å². The smallest absolute Gasteiger partial charge is 0.309 e. The van der Waals surface area contributed by atoms with E-state index in [0.717, 1.165) is 36.0 Å². The molecule has 1 aliphatic rings. The van der Waals surface area contributed by atoms with Gasteiger partial charge >= 0.3 is 11.8 Å². The summed E-state index contributed by atoms with van der Waals surface area (Å²) in [5, 5.41) is 5.27. The number of sulfonamides is 1. The van der Waals surface area contributed by atoms with E-state index in [2.05, 4.69) is 10.6 Å². The topological polar surface area (TPSA) is 95.6 Å². The summed E-state index contributed by atoms with van der Waals surface area (Å²) >= 11 is 0. The predicted molar refractivity (Wildman–Crippen MR) is 128 cm³/mol. The van der Waals surface area contributed by atoms with Crippen LogP contribution in [0.1, 0.15) is 42.4 Å². The zero-order valence-electron chi connectivity index (χ0n) is 19.3. The number of carbonyl (C=O) groups is 2. The van der Waals surface area contributed by atoms with E-state index in [1.807, 2.05) is 56.3 Å². The molecule has 1 atom stereocenters. The average molecular weight is 472 g/mol. The molecule has 2 aromatic rings. The molecule has 0 spiro atoms. The van der Waals surface area contributed by atoms with Gasteiger partial charge in [-0.3, -0.25) is 9.59 Å². The number of nitrogens with zero attached hydrogens (tertiary/aromatic N) is 1. The summed E-state index contributed by atoms with van der Waals surface area (Å²) in [6, 6.07) is 15.0. The Hall–Kier alpha value is -2.71. The summed E-state index contributed by atoms with van der Waals surface area (Å²) in [5.74, 6) is -1.36. The van der Waals surface area contributed by atoms with Crippen molar-refractivity contribution < 1.29 is 18.0 Å². The SMILES string of the molecule is Cc1ccc(C)c(S(=O)(=O)N2CCCCC2CCNC(=O)C(=O)NCCc2ccccc2)c1. The highest BCUT2D eigenvalue weighted by Gasteiger charge is 2.34. The molecule has 178 valence electrons. The van der Waals surface area contributed by atoms with E-state index in [0.29, 0.717) is 30.8 Å². The average Bonchev–Trinajstić information content (AvgIpc) is 2.81. The molecule has 0 aromatic heterocycles. The minimum atomic E-state index is -3.63. The van der Waals surface area contributed by atoms with Crippen LogP contribution in [-0.4, -0.2) is 50.2 Å². The predicted octanol–water partition coefficient (Wildman–Crippen LogP) is 2.71. The molecular weight excluding hydrogens is 438 g/mol. The standard InChI is InChI=1S/C25H33N3O4S/c1-19-11-12-20(2)23(18-19)33(31,32)28-17-7-6-10-22(28)14-16-27-25(30)24(29)26-15-13-21-8-4-3-5-9-21/h3-5,8-9,11-12,18,22H,6-7,10,13-17H2,1-2H3,(H,26,29)(H,27,30). The zero-order valence-corrected chi connectivity index (χ0v) is 20.2. The minimum absolute atomic E-state index is 0.204. The van der Waals surface area contributed by atoms with Crippen molar-refractivity contribution in [3.8, 4) is 0 Å². The van der Waals surface area contributed by atoms with Crippen LogP contribution < -0.4 is 10.6 Å². The van der Waals surface area contributed by atoms with E-state index in [9.17, 15) is 18.0 Å². The Bertz CT molecular complexity index is 1070. The molecule has 33 heavy (non-hydrogen) atoms. The van der Waals surface area contributed by atoms with E-state index in [1.54, 1.807) is 10.4 Å². The summed E-state index contributed by atoms with van der Waals surface area (Å²) in [6.45, 7) is 4.78. The Morgan fingerprint density at radius 2 is 1.67 bits per heavy atom. The number of aryl methyl sites for hydroxylation is 2. The van der Waals surface area contributed by atoms with Gasteiger partial charge in [0.1, 0.15) is 0 Å². The van der Waals surface area contributed by atoms with Crippen molar-refractivity contribution in [2.45, 2.75) is 56.9 Å². The molecule has 7 nitrogen and oxygen atoms in total. The third kappa shape index (κ3) is 6.65. The van der Waals surface area contributed by atoms with Crippen LogP contribution >= 0.6 is 0 Å². The summed E-state index contributed by atoms with van der Waals surface area (Å²) < 4.78 is 28.3. The second kappa shape index (κ2) is 11.4. The van der Waals surface area contributed by atoms with Crippen LogP contribution in [0.4, 0.5) is 0 Å². The largest absolute Gasteiger partial charge is 0.348 e. The van der Waals surface area contributed by atoms with E-state index in [4.69, 9.17) is 0 Å². The molecule has 2 amide bonds. The number of amides is 2. The summed E-state index contributed by atoms with van der Waals surface area (Å²) in [5.41, 5.74) is 2.71. The van der Waals surface area contributed by atoms with Gasteiger partial charge in [0.05, 0.1) is 4.90 Å². The molecule has 3 rings (SSSR count). The summed E-state index contributed by atoms with van der Waals surface area (Å²) in [7, 11) is -3.63. The first kappa shape index (κ1) is 24.9. The van der Waals surface area contributed by atoms with Crippen molar-refractivity contribution in [3.05, 3.63) is 65.2 Å². The first-order valence-electron chi connectivity index (χ1n) is 11.5. The van der Waals surface area contributed by atoms with Gasteiger partial charge in [0.15, 0.2) is 0 Å². The molecule has 1 heterocycles.